The quantitative estimate of drug-likeness (QED) is 0.804. The summed E-state index contributed by atoms with van der Waals surface area (Å²) in [6, 6.07) is 2.37. The maximum absolute atomic E-state index is 13.0. The van der Waals surface area contributed by atoms with Gasteiger partial charge in [0.25, 0.3) is 5.91 Å². The Morgan fingerprint density at radius 1 is 1.23 bits per heavy atom. The molecule has 1 saturated carbocycles. The lowest BCUT2D eigenvalue weighted by Gasteiger charge is -2.33. The number of amides is 2. The highest BCUT2D eigenvalue weighted by Crippen LogP contribution is 2.28. The second-order valence-corrected chi connectivity index (χ2v) is 8.28. The first-order valence-corrected chi connectivity index (χ1v) is 10.2. The highest BCUT2D eigenvalue weighted by Gasteiger charge is 2.28. The van der Waals surface area contributed by atoms with E-state index in [-0.39, 0.29) is 11.8 Å². The SMILES string of the molecule is O=C(CC[C@@H]1CCCN(C(=O)c2cc3c(nc2Cl)CCC3)C1)NC1CC1. The summed E-state index contributed by atoms with van der Waals surface area (Å²) in [7, 11) is 0. The fraction of sp³-hybridized carbons (Fsp3) is 0.650. The highest BCUT2D eigenvalue weighted by molar-refractivity contribution is 6.32. The number of halogens is 1. The summed E-state index contributed by atoms with van der Waals surface area (Å²) in [6.07, 6.45) is 8.73. The van der Waals surface area contributed by atoms with E-state index in [0.29, 0.717) is 35.6 Å². The summed E-state index contributed by atoms with van der Waals surface area (Å²) in [5.41, 5.74) is 2.76. The molecular weight excluding hydrogens is 350 g/mol. The molecule has 0 unspecified atom stereocenters. The van der Waals surface area contributed by atoms with Gasteiger partial charge in [0.15, 0.2) is 0 Å². The van der Waals surface area contributed by atoms with E-state index < -0.39 is 0 Å². The van der Waals surface area contributed by atoms with Gasteiger partial charge in [-0.1, -0.05) is 11.6 Å². The van der Waals surface area contributed by atoms with Gasteiger partial charge in [0.2, 0.25) is 5.91 Å². The molecule has 26 heavy (non-hydrogen) atoms. The molecule has 140 valence electrons. The zero-order valence-electron chi connectivity index (χ0n) is 15.1. The van der Waals surface area contributed by atoms with E-state index in [0.717, 1.165) is 63.6 Å². The zero-order chi connectivity index (χ0) is 18.1. The standard InChI is InChI=1S/C20H26ClN3O2/c21-19-16(11-14-4-1-5-17(14)23-19)20(26)24-10-2-3-13(12-24)6-9-18(25)22-15-7-8-15/h11,13,15H,1-10,12H2,(H,22,25)/t13-/m0/s1. The molecule has 0 aromatic carbocycles. The third-order valence-corrected chi connectivity index (χ3v) is 6.05. The van der Waals surface area contributed by atoms with Crippen LogP contribution in [-0.2, 0) is 17.6 Å². The number of likely N-dealkylation sites (tertiary alicyclic amines) is 1. The molecule has 0 spiro atoms. The average molecular weight is 376 g/mol. The number of hydrogen-bond acceptors (Lipinski definition) is 3. The van der Waals surface area contributed by atoms with Gasteiger partial charge in [-0.15, -0.1) is 0 Å². The summed E-state index contributed by atoms with van der Waals surface area (Å²) in [6.45, 7) is 1.47. The second kappa shape index (κ2) is 7.55. The van der Waals surface area contributed by atoms with Crippen molar-refractivity contribution >= 4 is 23.4 Å². The Hall–Kier alpha value is -1.62. The van der Waals surface area contributed by atoms with E-state index in [4.69, 9.17) is 11.6 Å². The fourth-order valence-corrected chi connectivity index (χ4v) is 4.35. The number of nitrogens with one attached hydrogen (secondary N) is 1. The highest BCUT2D eigenvalue weighted by atomic mass is 35.5. The van der Waals surface area contributed by atoms with Crippen LogP contribution in [0.15, 0.2) is 6.07 Å². The van der Waals surface area contributed by atoms with E-state index in [9.17, 15) is 9.59 Å². The molecule has 1 aliphatic heterocycles. The Kier molecular flexibility index (Phi) is 5.16. The summed E-state index contributed by atoms with van der Waals surface area (Å²) in [5.74, 6) is 0.532. The Labute approximate surface area is 159 Å². The van der Waals surface area contributed by atoms with E-state index in [1.54, 1.807) is 0 Å². The fourth-order valence-electron chi connectivity index (χ4n) is 4.12. The summed E-state index contributed by atoms with van der Waals surface area (Å²) < 4.78 is 0. The maximum Gasteiger partial charge on any atom is 0.257 e. The van der Waals surface area contributed by atoms with Crippen molar-refractivity contribution in [2.24, 2.45) is 5.92 Å². The molecule has 5 nitrogen and oxygen atoms in total. The van der Waals surface area contributed by atoms with Crippen molar-refractivity contribution < 1.29 is 9.59 Å². The van der Waals surface area contributed by atoms with Crippen LogP contribution in [0.1, 0.15) is 66.6 Å². The van der Waals surface area contributed by atoms with Gasteiger partial charge < -0.3 is 10.2 Å². The molecule has 2 fully saturated rings. The van der Waals surface area contributed by atoms with E-state index >= 15 is 0 Å². The normalized spacial score (nSPS) is 22.2. The molecule has 4 rings (SSSR count). The van der Waals surface area contributed by atoms with Crippen LogP contribution in [0.3, 0.4) is 0 Å². The molecule has 2 heterocycles. The van der Waals surface area contributed by atoms with Gasteiger partial charge in [0.05, 0.1) is 5.56 Å². The number of piperidine rings is 1. The van der Waals surface area contributed by atoms with E-state index in [1.807, 2.05) is 11.0 Å². The van der Waals surface area contributed by atoms with Gasteiger partial charge in [0, 0.05) is 31.2 Å². The summed E-state index contributed by atoms with van der Waals surface area (Å²) in [4.78, 5) is 31.2. The predicted molar refractivity (Wildman–Crippen MR) is 100 cm³/mol. The molecule has 2 aliphatic carbocycles. The summed E-state index contributed by atoms with van der Waals surface area (Å²) >= 11 is 6.30. The van der Waals surface area contributed by atoms with Crippen molar-refractivity contribution in [1.29, 1.82) is 0 Å². The lowest BCUT2D eigenvalue weighted by molar-refractivity contribution is -0.121. The summed E-state index contributed by atoms with van der Waals surface area (Å²) in [5, 5.41) is 3.37. The average Bonchev–Trinajstić information content (AvgIpc) is 3.34. The number of carbonyl (C=O) groups is 2. The number of carbonyl (C=O) groups excluding carboxylic acids is 2. The lowest BCUT2D eigenvalue weighted by Crippen LogP contribution is -2.40. The van der Waals surface area contributed by atoms with Crippen molar-refractivity contribution in [2.75, 3.05) is 13.1 Å². The molecule has 2 amide bonds. The number of aromatic nitrogens is 1. The number of aryl methyl sites for hydroxylation is 2. The topological polar surface area (TPSA) is 62.3 Å². The number of hydrogen-bond donors (Lipinski definition) is 1. The van der Waals surface area contributed by atoms with Crippen molar-refractivity contribution in [2.45, 2.75) is 63.8 Å². The molecule has 6 heteroatoms. The first-order chi connectivity index (χ1) is 12.6. The monoisotopic (exact) mass is 375 g/mol. The van der Waals surface area contributed by atoms with Crippen molar-refractivity contribution in [3.05, 3.63) is 28.0 Å². The van der Waals surface area contributed by atoms with Crippen LogP contribution in [0.4, 0.5) is 0 Å². The van der Waals surface area contributed by atoms with Gasteiger partial charge in [-0.05, 0) is 68.9 Å². The van der Waals surface area contributed by atoms with Gasteiger partial charge >= 0.3 is 0 Å². The molecule has 3 aliphatic rings. The second-order valence-electron chi connectivity index (χ2n) is 7.93. The third kappa shape index (κ3) is 4.03. The first-order valence-electron chi connectivity index (χ1n) is 9.87. The van der Waals surface area contributed by atoms with Crippen molar-refractivity contribution in [3.63, 3.8) is 0 Å². The maximum atomic E-state index is 13.0. The van der Waals surface area contributed by atoms with Gasteiger partial charge in [-0.3, -0.25) is 9.59 Å². The van der Waals surface area contributed by atoms with Crippen molar-refractivity contribution in [3.8, 4) is 0 Å². The largest absolute Gasteiger partial charge is 0.353 e. The Bertz CT molecular complexity index is 717. The van der Waals surface area contributed by atoms with E-state index in [1.165, 1.54) is 5.56 Å². The minimum Gasteiger partial charge on any atom is -0.353 e. The zero-order valence-corrected chi connectivity index (χ0v) is 15.9. The molecule has 1 saturated heterocycles. The first kappa shape index (κ1) is 17.8. The third-order valence-electron chi connectivity index (χ3n) is 5.76. The van der Waals surface area contributed by atoms with Gasteiger partial charge in [0.1, 0.15) is 5.15 Å². The number of nitrogens with zero attached hydrogens (tertiary/aromatic N) is 2. The molecule has 0 radical (unpaired) electrons. The van der Waals surface area contributed by atoms with Crippen LogP contribution in [0.25, 0.3) is 0 Å². The van der Waals surface area contributed by atoms with E-state index in [2.05, 4.69) is 10.3 Å². The number of rotatable bonds is 5. The molecule has 1 N–H and O–H groups in total. The van der Waals surface area contributed by atoms with Crippen LogP contribution in [-0.4, -0.2) is 40.8 Å². The number of fused-ring (bicyclic) bond motifs is 1. The van der Waals surface area contributed by atoms with Crippen molar-refractivity contribution in [1.82, 2.24) is 15.2 Å². The van der Waals surface area contributed by atoms with Gasteiger partial charge in [-0.25, -0.2) is 4.98 Å². The minimum absolute atomic E-state index is 0.00988. The van der Waals surface area contributed by atoms with Crippen LogP contribution in [0, 0.1) is 5.92 Å². The Morgan fingerprint density at radius 2 is 2.08 bits per heavy atom. The molecule has 1 aromatic rings. The van der Waals surface area contributed by atoms with Crippen LogP contribution >= 0.6 is 11.6 Å². The predicted octanol–water partition coefficient (Wildman–Crippen LogP) is 3.13. The lowest BCUT2D eigenvalue weighted by atomic mass is 9.92. The minimum atomic E-state index is -0.00988. The van der Waals surface area contributed by atoms with Crippen LogP contribution in [0.5, 0.6) is 0 Å². The van der Waals surface area contributed by atoms with Crippen LogP contribution in [0.2, 0.25) is 5.15 Å². The Balaban J connectivity index is 1.36. The molecular formula is C20H26ClN3O2. The Morgan fingerprint density at radius 3 is 2.88 bits per heavy atom. The van der Waals surface area contributed by atoms with Crippen LogP contribution < -0.4 is 5.32 Å². The smallest absolute Gasteiger partial charge is 0.257 e. The molecule has 1 atom stereocenters. The number of pyridine rings is 1. The molecule has 1 aromatic heterocycles. The van der Waals surface area contributed by atoms with Gasteiger partial charge in [-0.2, -0.15) is 0 Å². The molecule has 0 bridgehead atoms.